The number of nitrogens with zero attached hydrogens (tertiary/aromatic N) is 3. The van der Waals surface area contributed by atoms with E-state index in [1.165, 1.54) is 31.2 Å². The summed E-state index contributed by atoms with van der Waals surface area (Å²) < 4.78 is 1.87. The van der Waals surface area contributed by atoms with Gasteiger partial charge in [-0.05, 0) is 32.7 Å². The van der Waals surface area contributed by atoms with Gasteiger partial charge in [0.05, 0.1) is 6.20 Å². The van der Waals surface area contributed by atoms with Crippen molar-refractivity contribution in [2.24, 2.45) is 7.05 Å². The first kappa shape index (κ1) is 11.2. The van der Waals surface area contributed by atoms with Crippen molar-refractivity contribution in [3.63, 3.8) is 0 Å². The molecule has 0 saturated carbocycles. The van der Waals surface area contributed by atoms with Gasteiger partial charge in [0, 0.05) is 43.5 Å². The molecule has 0 aromatic carbocycles. The van der Waals surface area contributed by atoms with Gasteiger partial charge in [-0.1, -0.05) is 0 Å². The fourth-order valence-corrected chi connectivity index (χ4v) is 3.40. The highest BCUT2D eigenvalue weighted by Crippen LogP contribution is 2.34. The van der Waals surface area contributed by atoms with E-state index in [0.717, 1.165) is 18.6 Å². The van der Waals surface area contributed by atoms with Gasteiger partial charge in [-0.15, -0.1) is 0 Å². The number of hydrogen-bond acceptors (Lipinski definition) is 3. The van der Waals surface area contributed by atoms with E-state index in [4.69, 9.17) is 0 Å². The van der Waals surface area contributed by atoms with E-state index < -0.39 is 0 Å². The van der Waals surface area contributed by atoms with Crippen LogP contribution in [0.2, 0.25) is 0 Å². The Bertz CT molecular complexity index is 373. The van der Waals surface area contributed by atoms with Gasteiger partial charge in [0.1, 0.15) is 0 Å². The molecule has 4 heteroatoms. The Morgan fingerprint density at radius 1 is 1.29 bits per heavy atom. The van der Waals surface area contributed by atoms with Crippen LogP contribution in [0.4, 0.5) is 0 Å². The fourth-order valence-electron chi connectivity index (χ4n) is 3.40. The zero-order valence-corrected chi connectivity index (χ0v) is 10.8. The number of piperidine rings is 1. The number of rotatable bonds is 3. The Morgan fingerprint density at radius 3 is 2.59 bits per heavy atom. The van der Waals surface area contributed by atoms with Crippen molar-refractivity contribution >= 4 is 0 Å². The van der Waals surface area contributed by atoms with Gasteiger partial charge >= 0.3 is 0 Å². The smallest absolute Gasteiger partial charge is 0.0534 e. The van der Waals surface area contributed by atoms with Gasteiger partial charge < -0.3 is 10.2 Å². The average Bonchev–Trinajstić information content (AvgIpc) is 2.78. The van der Waals surface area contributed by atoms with E-state index >= 15 is 0 Å². The van der Waals surface area contributed by atoms with Crippen LogP contribution in [-0.4, -0.2) is 39.9 Å². The van der Waals surface area contributed by atoms with Gasteiger partial charge in [0.25, 0.3) is 0 Å². The summed E-state index contributed by atoms with van der Waals surface area (Å²) in [4.78, 5) is 2.59. The summed E-state index contributed by atoms with van der Waals surface area (Å²) in [6, 6.07) is 2.34. The summed E-state index contributed by atoms with van der Waals surface area (Å²) in [5, 5.41) is 7.90. The van der Waals surface area contributed by atoms with Crippen LogP contribution in [0.1, 0.15) is 31.2 Å². The second kappa shape index (κ2) is 4.42. The van der Waals surface area contributed by atoms with Crippen LogP contribution in [0.25, 0.3) is 0 Å². The summed E-state index contributed by atoms with van der Waals surface area (Å²) in [5.74, 6) is 0. The van der Waals surface area contributed by atoms with Crippen LogP contribution in [-0.2, 0) is 13.6 Å². The predicted octanol–water partition coefficient (Wildman–Crippen LogP) is 1.13. The second-order valence-electron chi connectivity index (χ2n) is 5.62. The fraction of sp³-hybridized carbons (Fsp3) is 0.769. The summed E-state index contributed by atoms with van der Waals surface area (Å²) in [7, 11) is 4.26. The molecule has 1 aromatic rings. The number of nitrogens with one attached hydrogen (secondary N) is 1. The van der Waals surface area contributed by atoms with Gasteiger partial charge in [-0.3, -0.25) is 4.68 Å². The molecule has 0 spiro atoms. The Balaban J connectivity index is 1.54. The molecular weight excluding hydrogens is 212 g/mol. The van der Waals surface area contributed by atoms with Gasteiger partial charge in [-0.2, -0.15) is 5.10 Å². The van der Waals surface area contributed by atoms with Crippen LogP contribution in [0.3, 0.4) is 0 Å². The lowest BCUT2D eigenvalue weighted by molar-refractivity contribution is 0.148. The molecule has 17 heavy (non-hydrogen) atoms. The van der Waals surface area contributed by atoms with Crippen molar-refractivity contribution in [3.05, 3.63) is 18.0 Å². The third-order valence-corrected chi connectivity index (χ3v) is 4.45. The van der Waals surface area contributed by atoms with Crippen molar-refractivity contribution in [2.75, 3.05) is 7.05 Å². The minimum atomic E-state index is 0.698. The minimum absolute atomic E-state index is 0.698. The van der Waals surface area contributed by atoms with E-state index in [9.17, 15) is 0 Å². The molecule has 2 unspecified atom stereocenters. The number of fused-ring (bicyclic) bond motifs is 2. The van der Waals surface area contributed by atoms with E-state index in [1.54, 1.807) is 0 Å². The quantitative estimate of drug-likeness (QED) is 0.851. The normalized spacial score (nSPS) is 33.2. The molecule has 2 aliphatic heterocycles. The summed E-state index contributed by atoms with van der Waals surface area (Å²) in [6.45, 7) is 0.960. The zero-order chi connectivity index (χ0) is 11.8. The highest BCUT2D eigenvalue weighted by Gasteiger charge is 2.37. The van der Waals surface area contributed by atoms with Gasteiger partial charge in [-0.25, -0.2) is 0 Å². The summed E-state index contributed by atoms with van der Waals surface area (Å²) in [5.41, 5.74) is 1.29. The number of aromatic nitrogens is 2. The maximum Gasteiger partial charge on any atom is 0.0534 e. The van der Waals surface area contributed by atoms with Crippen molar-refractivity contribution in [2.45, 2.75) is 50.4 Å². The standard InChI is InChI=1S/C13H22N4/c1-16-9-10(8-15-16)7-14-11-5-12-3-4-13(6-11)17(12)2/h8-9,11-14H,3-7H2,1-2H3. The maximum atomic E-state index is 4.20. The average molecular weight is 234 g/mol. The molecule has 4 nitrogen and oxygen atoms in total. The molecule has 94 valence electrons. The summed E-state index contributed by atoms with van der Waals surface area (Å²) >= 11 is 0. The molecule has 2 saturated heterocycles. The van der Waals surface area contributed by atoms with Crippen molar-refractivity contribution in [3.8, 4) is 0 Å². The predicted molar refractivity (Wildman–Crippen MR) is 67.6 cm³/mol. The Kier molecular flexibility index (Phi) is 2.92. The SMILES string of the molecule is CN1C2CCC1CC(NCc1cnn(C)c1)C2. The molecule has 0 amide bonds. The molecular formula is C13H22N4. The molecule has 2 atom stereocenters. The lowest BCUT2D eigenvalue weighted by atomic mass is 9.98. The van der Waals surface area contributed by atoms with Gasteiger partial charge in [0.2, 0.25) is 0 Å². The van der Waals surface area contributed by atoms with Crippen LogP contribution < -0.4 is 5.32 Å². The second-order valence-corrected chi connectivity index (χ2v) is 5.62. The Hall–Kier alpha value is -0.870. The monoisotopic (exact) mass is 234 g/mol. The number of aryl methyl sites for hydroxylation is 1. The Labute approximate surface area is 103 Å². The third kappa shape index (κ3) is 2.24. The van der Waals surface area contributed by atoms with Crippen LogP contribution in [0.5, 0.6) is 0 Å². The van der Waals surface area contributed by atoms with Gasteiger partial charge in [0.15, 0.2) is 0 Å². The largest absolute Gasteiger partial charge is 0.310 e. The minimum Gasteiger partial charge on any atom is -0.310 e. The van der Waals surface area contributed by atoms with E-state index in [0.29, 0.717) is 6.04 Å². The van der Waals surface area contributed by atoms with Crippen LogP contribution in [0.15, 0.2) is 12.4 Å². The van der Waals surface area contributed by atoms with E-state index in [1.807, 2.05) is 17.9 Å². The first-order valence-corrected chi connectivity index (χ1v) is 6.65. The molecule has 3 heterocycles. The van der Waals surface area contributed by atoms with Crippen molar-refractivity contribution in [1.82, 2.24) is 20.0 Å². The first-order chi connectivity index (χ1) is 8.22. The highest BCUT2D eigenvalue weighted by atomic mass is 15.2. The molecule has 1 N–H and O–H groups in total. The molecule has 2 aliphatic rings. The van der Waals surface area contributed by atoms with Crippen molar-refractivity contribution in [1.29, 1.82) is 0 Å². The zero-order valence-electron chi connectivity index (χ0n) is 10.8. The lowest BCUT2D eigenvalue weighted by Crippen LogP contribution is -2.46. The highest BCUT2D eigenvalue weighted by molar-refractivity contribution is 5.04. The topological polar surface area (TPSA) is 33.1 Å². The molecule has 2 bridgehead atoms. The van der Waals surface area contributed by atoms with Crippen LogP contribution in [0, 0.1) is 0 Å². The Morgan fingerprint density at radius 2 is 2.00 bits per heavy atom. The van der Waals surface area contributed by atoms with E-state index in [2.05, 4.69) is 28.6 Å². The molecule has 2 fully saturated rings. The molecule has 0 aliphatic carbocycles. The van der Waals surface area contributed by atoms with Crippen LogP contribution >= 0.6 is 0 Å². The first-order valence-electron chi connectivity index (χ1n) is 6.65. The molecule has 0 radical (unpaired) electrons. The van der Waals surface area contributed by atoms with E-state index in [-0.39, 0.29) is 0 Å². The lowest BCUT2D eigenvalue weighted by Gasteiger charge is -2.36. The van der Waals surface area contributed by atoms with Crippen molar-refractivity contribution < 1.29 is 0 Å². The number of hydrogen-bond donors (Lipinski definition) is 1. The molecule has 1 aromatic heterocycles. The third-order valence-electron chi connectivity index (χ3n) is 4.45. The molecule has 3 rings (SSSR count). The maximum absolute atomic E-state index is 4.20. The summed E-state index contributed by atoms with van der Waals surface area (Å²) in [6.07, 6.45) is 9.46.